The average molecular weight is 367 g/mol. The highest BCUT2D eigenvalue weighted by atomic mass is 16.2. The van der Waals surface area contributed by atoms with Crippen LogP contribution in [0.3, 0.4) is 0 Å². The standard InChI is InChI=1S/C22H29N3O2/c1-22(2,3)18-9-6-17(7-10-18)8-11-20(26)24-13-15-25(16-14-24)21(27)19-5-4-12-23-19/h4-7,9-10,12,23H,8,11,13-16H2,1-3H3. The second kappa shape index (κ2) is 7.99. The van der Waals surface area contributed by atoms with Crippen molar-refractivity contribution < 1.29 is 9.59 Å². The number of aromatic nitrogens is 1. The summed E-state index contributed by atoms with van der Waals surface area (Å²) < 4.78 is 0. The molecule has 1 N–H and O–H groups in total. The van der Waals surface area contributed by atoms with Gasteiger partial charge in [-0.2, -0.15) is 0 Å². The van der Waals surface area contributed by atoms with E-state index in [-0.39, 0.29) is 17.2 Å². The maximum atomic E-state index is 12.5. The highest BCUT2D eigenvalue weighted by molar-refractivity contribution is 5.92. The SMILES string of the molecule is CC(C)(C)c1ccc(CCC(=O)N2CCN(C(=O)c3ccc[nH]3)CC2)cc1. The third kappa shape index (κ3) is 4.79. The van der Waals surface area contributed by atoms with Crippen molar-refractivity contribution in [3.63, 3.8) is 0 Å². The molecule has 5 heteroatoms. The van der Waals surface area contributed by atoms with Gasteiger partial charge >= 0.3 is 0 Å². The maximum absolute atomic E-state index is 12.5. The fraction of sp³-hybridized carbons (Fsp3) is 0.455. The van der Waals surface area contributed by atoms with Crippen LogP contribution in [0.1, 0.15) is 48.8 Å². The van der Waals surface area contributed by atoms with Crippen LogP contribution in [0.4, 0.5) is 0 Å². The van der Waals surface area contributed by atoms with Gasteiger partial charge in [0.15, 0.2) is 0 Å². The molecule has 1 aromatic heterocycles. The average Bonchev–Trinajstić information content (AvgIpc) is 3.20. The molecule has 0 spiro atoms. The molecule has 3 rings (SSSR count). The van der Waals surface area contributed by atoms with E-state index in [0.717, 1.165) is 6.42 Å². The molecule has 0 aliphatic carbocycles. The second-order valence-corrected chi connectivity index (χ2v) is 8.20. The zero-order chi connectivity index (χ0) is 19.4. The number of benzene rings is 1. The summed E-state index contributed by atoms with van der Waals surface area (Å²) in [7, 11) is 0. The molecule has 1 aliphatic heterocycles. The summed E-state index contributed by atoms with van der Waals surface area (Å²) in [5, 5.41) is 0. The van der Waals surface area contributed by atoms with Gasteiger partial charge in [0.25, 0.3) is 5.91 Å². The van der Waals surface area contributed by atoms with E-state index in [0.29, 0.717) is 38.3 Å². The minimum absolute atomic E-state index is 0.00559. The third-order valence-electron chi connectivity index (χ3n) is 5.20. The summed E-state index contributed by atoms with van der Waals surface area (Å²) in [6, 6.07) is 12.2. The van der Waals surface area contributed by atoms with E-state index in [2.05, 4.69) is 50.0 Å². The van der Waals surface area contributed by atoms with Gasteiger partial charge in [0.05, 0.1) is 0 Å². The first-order chi connectivity index (χ1) is 12.8. The van der Waals surface area contributed by atoms with E-state index >= 15 is 0 Å². The molecule has 1 saturated heterocycles. The van der Waals surface area contributed by atoms with E-state index in [4.69, 9.17) is 0 Å². The van der Waals surface area contributed by atoms with Crippen LogP contribution >= 0.6 is 0 Å². The van der Waals surface area contributed by atoms with Crippen molar-refractivity contribution in [1.29, 1.82) is 0 Å². The van der Waals surface area contributed by atoms with E-state index in [1.165, 1.54) is 11.1 Å². The molecule has 1 fully saturated rings. The van der Waals surface area contributed by atoms with Crippen molar-refractivity contribution >= 4 is 11.8 Å². The molecule has 1 aliphatic rings. The van der Waals surface area contributed by atoms with Gasteiger partial charge in [-0.15, -0.1) is 0 Å². The largest absolute Gasteiger partial charge is 0.357 e. The molecular formula is C22H29N3O2. The molecule has 2 aromatic rings. The summed E-state index contributed by atoms with van der Waals surface area (Å²) in [6.07, 6.45) is 3.02. The number of hydrogen-bond acceptors (Lipinski definition) is 2. The van der Waals surface area contributed by atoms with E-state index in [1.54, 1.807) is 17.2 Å². The van der Waals surface area contributed by atoms with Crippen LogP contribution in [0.25, 0.3) is 0 Å². The number of nitrogens with one attached hydrogen (secondary N) is 1. The lowest BCUT2D eigenvalue weighted by Crippen LogP contribution is -2.50. The lowest BCUT2D eigenvalue weighted by molar-refractivity contribution is -0.132. The lowest BCUT2D eigenvalue weighted by Gasteiger charge is -2.34. The maximum Gasteiger partial charge on any atom is 0.270 e. The summed E-state index contributed by atoms with van der Waals surface area (Å²) in [4.78, 5) is 31.5. The van der Waals surface area contributed by atoms with Gasteiger partial charge in [-0.25, -0.2) is 0 Å². The highest BCUT2D eigenvalue weighted by Crippen LogP contribution is 2.22. The van der Waals surface area contributed by atoms with E-state index in [9.17, 15) is 9.59 Å². The molecular weight excluding hydrogens is 338 g/mol. The van der Waals surface area contributed by atoms with E-state index < -0.39 is 0 Å². The zero-order valence-electron chi connectivity index (χ0n) is 16.5. The Morgan fingerprint density at radius 1 is 0.963 bits per heavy atom. The predicted octanol–water partition coefficient (Wildman–Crippen LogP) is 3.23. The van der Waals surface area contributed by atoms with Crippen LogP contribution < -0.4 is 0 Å². The first-order valence-electron chi connectivity index (χ1n) is 9.64. The molecule has 27 heavy (non-hydrogen) atoms. The van der Waals surface area contributed by atoms with Gasteiger partial charge in [0.2, 0.25) is 5.91 Å². The number of aromatic amines is 1. The van der Waals surface area contributed by atoms with E-state index in [1.807, 2.05) is 11.0 Å². The summed E-state index contributed by atoms with van der Waals surface area (Å²) >= 11 is 0. The first kappa shape index (κ1) is 19.2. The number of H-pyrrole nitrogens is 1. The molecule has 0 unspecified atom stereocenters. The predicted molar refractivity (Wildman–Crippen MR) is 107 cm³/mol. The van der Waals surface area contributed by atoms with Crippen LogP contribution in [-0.2, 0) is 16.6 Å². The molecule has 2 amide bonds. The number of rotatable bonds is 4. The lowest BCUT2D eigenvalue weighted by atomic mass is 9.86. The fourth-order valence-corrected chi connectivity index (χ4v) is 3.37. The number of carbonyl (C=O) groups is 2. The fourth-order valence-electron chi connectivity index (χ4n) is 3.37. The molecule has 5 nitrogen and oxygen atoms in total. The number of nitrogens with zero attached hydrogens (tertiary/aromatic N) is 2. The Hall–Kier alpha value is -2.56. The normalized spacial score (nSPS) is 15.1. The van der Waals surface area contributed by atoms with Crippen molar-refractivity contribution in [3.05, 3.63) is 59.4 Å². The van der Waals surface area contributed by atoms with Gasteiger partial charge in [0, 0.05) is 38.8 Å². The number of carbonyl (C=O) groups excluding carboxylic acids is 2. The van der Waals surface area contributed by atoms with Crippen LogP contribution in [0.5, 0.6) is 0 Å². The Morgan fingerprint density at radius 3 is 2.15 bits per heavy atom. The Morgan fingerprint density at radius 2 is 1.59 bits per heavy atom. The van der Waals surface area contributed by atoms with Gasteiger partial charge in [0.1, 0.15) is 5.69 Å². The highest BCUT2D eigenvalue weighted by Gasteiger charge is 2.25. The second-order valence-electron chi connectivity index (χ2n) is 8.20. The molecule has 1 aromatic carbocycles. The Bertz CT molecular complexity index is 765. The Labute approximate surface area is 161 Å². The van der Waals surface area contributed by atoms with Gasteiger partial charge in [-0.3, -0.25) is 9.59 Å². The smallest absolute Gasteiger partial charge is 0.270 e. The monoisotopic (exact) mass is 367 g/mol. The molecule has 0 radical (unpaired) electrons. The van der Waals surface area contributed by atoms with Crippen molar-refractivity contribution in [1.82, 2.24) is 14.8 Å². The van der Waals surface area contributed by atoms with Crippen molar-refractivity contribution in [3.8, 4) is 0 Å². The van der Waals surface area contributed by atoms with Crippen molar-refractivity contribution in [2.75, 3.05) is 26.2 Å². The van der Waals surface area contributed by atoms with Gasteiger partial charge in [-0.1, -0.05) is 45.0 Å². The zero-order valence-corrected chi connectivity index (χ0v) is 16.5. The minimum Gasteiger partial charge on any atom is -0.357 e. The van der Waals surface area contributed by atoms with Crippen LogP contribution in [-0.4, -0.2) is 52.8 Å². The quantitative estimate of drug-likeness (QED) is 0.902. The first-order valence-corrected chi connectivity index (χ1v) is 9.64. The summed E-state index contributed by atoms with van der Waals surface area (Å²) in [5.74, 6) is 0.174. The Kier molecular flexibility index (Phi) is 5.68. The number of piperazine rings is 1. The Balaban J connectivity index is 1.46. The van der Waals surface area contributed by atoms with Gasteiger partial charge in [-0.05, 0) is 35.1 Å². The molecule has 0 bridgehead atoms. The topological polar surface area (TPSA) is 56.4 Å². The summed E-state index contributed by atoms with van der Waals surface area (Å²) in [5.41, 5.74) is 3.25. The molecule has 144 valence electrons. The molecule has 0 atom stereocenters. The van der Waals surface area contributed by atoms with Crippen LogP contribution in [0, 0.1) is 0 Å². The molecule has 0 saturated carbocycles. The van der Waals surface area contributed by atoms with Crippen molar-refractivity contribution in [2.45, 2.75) is 39.0 Å². The number of hydrogen-bond donors (Lipinski definition) is 1. The van der Waals surface area contributed by atoms with Crippen LogP contribution in [0.2, 0.25) is 0 Å². The minimum atomic E-state index is 0.00559. The van der Waals surface area contributed by atoms with Crippen LogP contribution in [0.15, 0.2) is 42.6 Å². The third-order valence-corrected chi connectivity index (χ3v) is 5.20. The summed E-state index contributed by atoms with van der Waals surface area (Å²) in [6.45, 7) is 8.99. The molecule has 2 heterocycles. The number of aryl methyl sites for hydroxylation is 1. The number of amides is 2. The van der Waals surface area contributed by atoms with Gasteiger partial charge < -0.3 is 14.8 Å². The van der Waals surface area contributed by atoms with Crippen molar-refractivity contribution in [2.24, 2.45) is 0 Å².